The zero-order valence-electron chi connectivity index (χ0n) is 9.19. The third kappa shape index (κ3) is 4.38. The van der Waals surface area contributed by atoms with E-state index in [4.69, 9.17) is 0 Å². The summed E-state index contributed by atoms with van der Waals surface area (Å²) >= 11 is 0. The lowest BCUT2D eigenvalue weighted by atomic mass is 10.1. The van der Waals surface area contributed by atoms with Crippen LogP contribution >= 0.6 is 0 Å². The van der Waals surface area contributed by atoms with E-state index in [1.807, 2.05) is 0 Å². The lowest BCUT2D eigenvalue weighted by Gasteiger charge is -2.07. The van der Waals surface area contributed by atoms with E-state index >= 15 is 0 Å². The zero-order valence-corrected chi connectivity index (χ0v) is 9.19. The van der Waals surface area contributed by atoms with E-state index in [1.165, 1.54) is 12.1 Å². The molecule has 0 atom stereocenters. The molecule has 1 aromatic rings. The van der Waals surface area contributed by atoms with E-state index in [9.17, 15) is 8.78 Å². The number of benzene rings is 1. The predicted molar refractivity (Wildman–Crippen MR) is 57.5 cm³/mol. The van der Waals surface area contributed by atoms with Crippen molar-refractivity contribution in [2.24, 2.45) is 5.92 Å². The van der Waals surface area contributed by atoms with Gasteiger partial charge in [-0.2, -0.15) is 0 Å². The minimum absolute atomic E-state index is 0.457. The van der Waals surface area contributed by atoms with Crippen LogP contribution in [0.15, 0.2) is 18.2 Å². The summed E-state index contributed by atoms with van der Waals surface area (Å²) in [5.41, 5.74) is 0.514. The standard InChI is InChI=1S/C12H17F2N/c1-9(2)5-6-15-8-10-3-4-11(13)7-12(10)14/h3-4,7,9,15H,5-6,8H2,1-2H3. The van der Waals surface area contributed by atoms with Crippen LogP contribution in [0.25, 0.3) is 0 Å². The van der Waals surface area contributed by atoms with Crippen LogP contribution < -0.4 is 5.32 Å². The number of nitrogens with one attached hydrogen (secondary N) is 1. The molecule has 15 heavy (non-hydrogen) atoms. The van der Waals surface area contributed by atoms with E-state index < -0.39 is 11.6 Å². The highest BCUT2D eigenvalue weighted by molar-refractivity contribution is 5.18. The molecule has 1 N–H and O–H groups in total. The van der Waals surface area contributed by atoms with Gasteiger partial charge in [0.2, 0.25) is 0 Å². The van der Waals surface area contributed by atoms with E-state index in [0.717, 1.165) is 19.0 Å². The molecular weight excluding hydrogens is 196 g/mol. The van der Waals surface area contributed by atoms with Crippen LogP contribution in [0.1, 0.15) is 25.8 Å². The highest BCUT2D eigenvalue weighted by atomic mass is 19.1. The molecule has 0 aromatic heterocycles. The van der Waals surface area contributed by atoms with Crippen LogP contribution in [0.5, 0.6) is 0 Å². The highest BCUT2D eigenvalue weighted by Crippen LogP contribution is 2.09. The van der Waals surface area contributed by atoms with Crippen molar-refractivity contribution in [3.8, 4) is 0 Å². The molecule has 0 saturated carbocycles. The lowest BCUT2D eigenvalue weighted by molar-refractivity contribution is 0.523. The molecule has 0 bridgehead atoms. The van der Waals surface area contributed by atoms with Gasteiger partial charge in [-0.1, -0.05) is 19.9 Å². The van der Waals surface area contributed by atoms with Crippen molar-refractivity contribution >= 4 is 0 Å². The SMILES string of the molecule is CC(C)CCNCc1ccc(F)cc1F. The first-order valence-electron chi connectivity index (χ1n) is 5.24. The minimum Gasteiger partial charge on any atom is -0.313 e. The topological polar surface area (TPSA) is 12.0 Å². The van der Waals surface area contributed by atoms with Crippen LogP contribution in [-0.2, 0) is 6.54 Å². The Morgan fingerprint density at radius 2 is 2.00 bits per heavy atom. The van der Waals surface area contributed by atoms with Gasteiger partial charge in [-0.15, -0.1) is 0 Å². The first-order valence-corrected chi connectivity index (χ1v) is 5.24. The van der Waals surface area contributed by atoms with Crippen LogP contribution in [0, 0.1) is 17.6 Å². The maximum absolute atomic E-state index is 13.2. The Morgan fingerprint density at radius 1 is 1.27 bits per heavy atom. The van der Waals surface area contributed by atoms with Crippen molar-refractivity contribution in [3.63, 3.8) is 0 Å². The summed E-state index contributed by atoms with van der Waals surface area (Å²) in [4.78, 5) is 0. The lowest BCUT2D eigenvalue weighted by Crippen LogP contribution is -2.17. The first-order chi connectivity index (χ1) is 7.09. The van der Waals surface area contributed by atoms with E-state index in [-0.39, 0.29) is 0 Å². The van der Waals surface area contributed by atoms with Crippen molar-refractivity contribution in [2.75, 3.05) is 6.54 Å². The normalized spacial score (nSPS) is 11.0. The second kappa shape index (κ2) is 5.81. The number of hydrogen-bond acceptors (Lipinski definition) is 1. The molecular formula is C12H17F2N. The van der Waals surface area contributed by atoms with Crippen molar-refractivity contribution in [1.29, 1.82) is 0 Å². The average molecular weight is 213 g/mol. The molecule has 0 aliphatic carbocycles. The van der Waals surface area contributed by atoms with E-state index in [0.29, 0.717) is 18.0 Å². The molecule has 1 aromatic carbocycles. The Morgan fingerprint density at radius 3 is 2.60 bits per heavy atom. The predicted octanol–water partition coefficient (Wildman–Crippen LogP) is 3.10. The smallest absolute Gasteiger partial charge is 0.130 e. The molecule has 0 aliphatic heterocycles. The zero-order chi connectivity index (χ0) is 11.3. The molecule has 84 valence electrons. The highest BCUT2D eigenvalue weighted by Gasteiger charge is 2.02. The van der Waals surface area contributed by atoms with Gasteiger partial charge in [0, 0.05) is 18.2 Å². The van der Waals surface area contributed by atoms with E-state index in [2.05, 4.69) is 19.2 Å². The fourth-order valence-electron chi connectivity index (χ4n) is 1.28. The summed E-state index contributed by atoms with van der Waals surface area (Å²) in [6, 6.07) is 3.68. The summed E-state index contributed by atoms with van der Waals surface area (Å²) in [5, 5.41) is 3.13. The van der Waals surface area contributed by atoms with Gasteiger partial charge in [-0.3, -0.25) is 0 Å². The number of hydrogen-bond donors (Lipinski definition) is 1. The largest absolute Gasteiger partial charge is 0.313 e. The quantitative estimate of drug-likeness (QED) is 0.741. The third-order valence-corrected chi connectivity index (χ3v) is 2.23. The molecule has 0 unspecified atom stereocenters. The van der Waals surface area contributed by atoms with Gasteiger partial charge in [0.1, 0.15) is 11.6 Å². The van der Waals surface area contributed by atoms with Gasteiger partial charge in [0.05, 0.1) is 0 Å². The van der Waals surface area contributed by atoms with Crippen LogP contribution in [-0.4, -0.2) is 6.54 Å². The molecule has 0 amide bonds. The molecule has 0 saturated heterocycles. The van der Waals surface area contributed by atoms with Gasteiger partial charge in [0.25, 0.3) is 0 Å². The van der Waals surface area contributed by atoms with Crippen molar-refractivity contribution < 1.29 is 8.78 Å². The Labute approximate surface area is 89.5 Å². The molecule has 0 spiro atoms. The third-order valence-electron chi connectivity index (χ3n) is 2.23. The molecule has 0 fully saturated rings. The van der Waals surface area contributed by atoms with Crippen molar-refractivity contribution in [1.82, 2.24) is 5.32 Å². The van der Waals surface area contributed by atoms with Gasteiger partial charge in [-0.05, 0) is 24.9 Å². The molecule has 0 heterocycles. The van der Waals surface area contributed by atoms with Crippen molar-refractivity contribution in [2.45, 2.75) is 26.8 Å². The minimum atomic E-state index is -0.529. The maximum atomic E-state index is 13.2. The Bertz CT molecular complexity index is 310. The van der Waals surface area contributed by atoms with Crippen LogP contribution in [0.2, 0.25) is 0 Å². The molecule has 0 radical (unpaired) electrons. The molecule has 1 rings (SSSR count). The summed E-state index contributed by atoms with van der Waals surface area (Å²) in [7, 11) is 0. The van der Waals surface area contributed by atoms with Gasteiger partial charge < -0.3 is 5.32 Å². The molecule has 0 aliphatic rings. The Balaban J connectivity index is 2.37. The van der Waals surface area contributed by atoms with Crippen molar-refractivity contribution in [3.05, 3.63) is 35.4 Å². The summed E-state index contributed by atoms with van der Waals surface area (Å²) in [5.74, 6) is -0.374. The summed E-state index contributed by atoms with van der Waals surface area (Å²) in [6.45, 7) is 5.59. The fraction of sp³-hybridized carbons (Fsp3) is 0.500. The number of rotatable bonds is 5. The Hall–Kier alpha value is -0.960. The maximum Gasteiger partial charge on any atom is 0.130 e. The van der Waals surface area contributed by atoms with E-state index in [1.54, 1.807) is 0 Å². The summed E-state index contributed by atoms with van der Waals surface area (Å²) < 4.78 is 25.7. The fourth-order valence-corrected chi connectivity index (χ4v) is 1.28. The molecule has 3 heteroatoms. The molecule has 1 nitrogen and oxygen atoms in total. The van der Waals surface area contributed by atoms with Crippen LogP contribution in [0.3, 0.4) is 0 Å². The van der Waals surface area contributed by atoms with Gasteiger partial charge in [0.15, 0.2) is 0 Å². The Kier molecular flexibility index (Phi) is 4.69. The average Bonchev–Trinajstić information content (AvgIpc) is 2.14. The monoisotopic (exact) mass is 213 g/mol. The second-order valence-electron chi connectivity index (χ2n) is 4.10. The van der Waals surface area contributed by atoms with Gasteiger partial charge >= 0.3 is 0 Å². The second-order valence-corrected chi connectivity index (χ2v) is 4.10. The first kappa shape index (κ1) is 12.1. The van der Waals surface area contributed by atoms with Crippen LogP contribution in [0.4, 0.5) is 8.78 Å². The number of halogens is 2. The summed E-state index contributed by atoms with van der Waals surface area (Å²) in [6.07, 6.45) is 1.06. The van der Waals surface area contributed by atoms with Gasteiger partial charge in [-0.25, -0.2) is 8.78 Å².